The first kappa shape index (κ1) is 69.0. The molecular formula is C63H92N13O13P. The molecule has 7 amide bonds. The van der Waals surface area contributed by atoms with Crippen molar-refractivity contribution in [1.29, 1.82) is 0 Å². The zero-order valence-corrected chi connectivity index (χ0v) is 54.4. The Hall–Kier alpha value is -6.93. The number of aromatic nitrogens is 2. The highest BCUT2D eigenvalue weighted by molar-refractivity contribution is 7.58. The Morgan fingerprint density at radius 2 is 1.41 bits per heavy atom. The van der Waals surface area contributed by atoms with Gasteiger partial charge in [-0.15, -0.1) is 0 Å². The van der Waals surface area contributed by atoms with Gasteiger partial charge in [-0.2, -0.15) is 0 Å². The maximum Gasteiger partial charge on any atom is 0.248 e. The van der Waals surface area contributed by atoms with Crippen LogP contribution in [0.25, 0.3) is 11.0 Å². The predicted octanol–water partition coefficient (Wildman–Crippen LogP) is 3.25. The van der Waals surface area contributed by atoms with E-state index in [2.05, 4.69) is 21.9 Å². The average Bonchev–Trinajstić information content (AvgIpc) is 1.53. The number of carbonyl (C=O) groups excluding carboxylic acids is 7. The molecule has 8 bridgehead atoms. The topological polar surface area (TPSA) is 443 Å². The Labute approximate surface area is 524 Å². The number of imidazole rings is 1. The third-order valence-electron chi connectivity index (χ3n) is 20.7. The maximum absolute atomic E-state index is 14.4. The number of primary amides is 6. The standard InChI is InChI=1S/C63H92N13O13P/c1-30-21-40-41(22-31(30)2)76(29-71-40)58-53(85)54(42(28-77)87-58)89-90(12,86)88-32(3)27-70-50(84)19-20-60(8)38(23-47(67)81)57-63(11)62(10,26-49(69)83)37(15-18-46(66)80)52(75-63)34(5)56-61(9,25-48(68)82)35(13-16-44(64)78)39(72-56)24-43-59(6,7)36(14-17-45(65)79)51(73-43)33(4)55(60)74-57/h21-22,24,29,32,35-38,42,53-54,57-58,72,77,85-86H,12-20,23,25-28H2,1-11H3,(H2,64,78)(H2,65,79)(H2,66,80)(H2,67,81)(H2,68,82)(H2,69,83)(H,70,84)/b39-24?,51-33?,56-34-. The van der Waals surface area contributed by atoms with Crippen LogP contribution in [0, 0.1) is 59.2 Å². The van der Waals surface area contributed by atoms with Crippen molar-refractivity contribution >= 4 is 83.4 Å². The van der Waals surface area contributed by atoms with Crippen LogP contribution in [-0.4, -0.2) is 139 Å². The third-order valence-corrected chi connectivity index (χ3v) is 21.9. The molecule has 27 heteroatoms. The third kappa shape index (κ3) is 13.0. The summed E-state index contributed by atoms with van der Waals surface area (Å²) in [4.78, 5) is 126. The van der Waals surface area contributed by atoms with E-state index < -0.39 is 143 Å². The van der Waals surface area contributed by atoms with E-state index in [1.165, 1.54) is 6.33 Å². The molecule has 15 atom stereocenters. The molecule has 7 heterocycles. The molecular weight excluding hydrogens is 1180 g/mol. The maximum atomic E-state index is 14.4. The highest BCUT2D eigenvalue weighted by atomic mass is 31.2. The number of benzene rings is 1. The lowest BCUT2D eigenvalue weighted by Gasteiger charge is -2.48. The van der Waals surface area contributed by atoms with Crippen molar-refractivity contribution in [2.75, 3.05) is 13.2 Å². The number of carbonyl (C=O) groups is 7. The van der Waals surface area contributed by atoms with Gasteiger partial charge in [-0.3, -0.25) is 48.5 Å². The van der Waals surface area contributed by atoms with Crippen LogP contribution in [-0.2, 0) is 47.3 Å². The number of aryl methyl sites for hydroxylation is 2. The number of rotatable bonds is 26. The molecule has 1 aromatic heterocycles. The smallest absolute Gasteiger partial charge is 0.248 e. The Kier molecular flexibility index (Phi) is 19.6. The van der Waals surface area contributed by atoms with Crippen LogP contribution in [0.15, 0.2) is 67.8 Å². The van der Waals surface area contributed by atoms with Gasteiger partial charge in [0.25, 0.3) is 0 Å². The molecule has 0 saturated carbocycles. The van der Waals surface area contributed by atoms with Crippen molar-refractivity contribution in [1.82, 2.24) is 20.2 Å². The molecule has 1 aromatic carbocycles. The predicted molar refractivity (Wildman–Crippen MR) is 340 cm³/mol. The fraction of sp³-hybridized carbons (Fsp3) is 0.619. The van der Waals surface area contributed by atoms with E-state index in [0.29, 0.717) is 56.4 Å². The van der Waals surface area contributed by atoms with E-state index in [1.54, 1.807) is 11.5 Å². The van der Waals surface area contributed by atoms with Gasteiger partial charge in [-0.25, -0.2) is 4.98 Å². The number of amides is 7. The molecule has 6 aliphatic rings. The fourth-order valence-electron chi connectivity index (χ4n) is 15.5. The number of hydrogen-bond acceptors (Lipinski definition) is 18. The van der Waals surface area contributed by atoms with Crippen LogP contribution < -0.4 is 45.0 Å². The molecule has 17 N–H and O–H groups in total. The first-order valence-corrected chi connectivity index (χ1v) is 32.5. The monoisotopic (exact) mass is 1270 g/mol. The first-order valence-electron chi connectivity index (χ1n) is 30.7. The van der Waals surface area contributed by atoms with E-state index in [0.717, 1.165) is 11.1 Å². The second kappa shape index (κ2) is 25.6. The van der Waals surface area contributed by atoms with E-state index in [-0.39, 0.29) is 77.2 Å². The van der Waals surface area contributed by atoms with Gasteiger partial charge in [0.15, 0.2) is 6.23 Å². The molecule has 15 unspecified atom stereocenters. The number of aliphatic hydroxyl groups excluding tert-OH is 2. The Bertz CT molecular complexity index is 3530. The van der Waals surface area contributed by atoms with Crippen molar-refractivity contribution in [2.24, 2.45) is 94.7 Å². The zero-order chi connectivity index (χ0) is 66.7. The molecule has 2 fully saturated rings. The molecule has 492 valence electrons. The van der Waals surface area contributed by atoms with Gasteiger partial charge < -0.3 is 78.5 Å². The SMILES string of the molecule is C=P(O)(OC(C)CNC(=O)CCC1(C)C2=NC(C1CC(N)=O)C1(C)N=C(/C(C)=C3\NC(=CC4=NC(=C2C)C(CCC(N)=O)C4(C)C)C(CCC(N)=O)C3(C)CC(N)=O)C(CCC(N)=O)C1(C)CC(N)=O)OC1C(CO)OC(n2cnc3cc(C)c(C)cc32)C1O. The molecule has 8 rings (SSSR count). The number of ether oxygens (including phenoxy) is 1. The van der Waals surface area contributed by atoms with Crippen molar-refractivity contribution in [2.45, 2.75) is 189 Å². The summed E-state index contributed by atoms with van der Waals surface area (Å²) in [6, 6.07) is 2.81. The molecule has 0 aliphatic carbocycles. The Morgan fingerprint density at radius 1 is 0.811 bits per heavy atom. The lowest BCUT2D eigenvalue weighted by atomic mass is 9.55. The summed E-state index contributed by atoms with van der Waals surface area (Å²) >= 11 is 0. The van der Waals surface area contributed by atoms with Gasteiger partial charge in [-0.1, -0.05) is 34.6 Å². The summed E-state index contributed by atoms with van der Waals surface area (Å²) in [5, 5.41) is 28.5. The average molecular weight is 1270 g/mol. The Balaban J connectivity index is 1.19. The summed E-state index contributed by atoms with van der Waals surface area (Å²) in [6.07, 6.45) is 0.815. The van der Waals surface area contributed by atoms with E-state index in [9.17, 15) is 48.7 Å². The molecule has 2 aromatic rings. The van der Waals surface area contributed by atoms with Gasteiger partial charge in [0.2, 0.25) is 48.9 Å². The van der Waals surface area contributed by atoms with Crippen LogP contribution in [0.4, 0.5) is 0 Å². The molecule has 26 nitrogen and oxygen atoms in total. The molecule has 0 radical (unpaired) electrons. The molecule has 2 saturated heterocycles. The normalized spacial score (nSPS) is 32.8. The zero-order valence-electron chi connectivity index (χ0n) is 53.6. The van der Waals surface area contributed by atoms with Crippen LogP contribution >= 0.6 is 7.57 Å². The quantitative estimate of drug-likeness (QED) is 0.0603. The van der Waals surface area contributed by atoms with Gasteiger partial charge in [0, 0.05) is 131 Å². The largest absolute Gasteiger partial charge is 0.394 e. The number of allylic oxidation sites excluding steroid dienone is 6. The second-order valence-corrected chi connectivity index (χ2v) is 28.9. The number of nitrogens with one attached hydrogen (secondary N) is 2. The minimum Gasteiger partial charge on any atom is -0.394 e. The van der Waals surface area contributed by atoms with Crippen molar-refractivity contribution < 1.29 is 62.5 Å². The Morgan fingerprint density at radius 3 is 2.00 bits per heavy atom. The fourth-order valence-corrected chi connectivity index (χ4v) is 16.9. The van der Waals surface area contributed by atoms with E-state index >= 15 is 0 Å². The minimum atomic E-state index is -4.07. The highest BCUT2D eigenvalue weighted by Crippen LogP contribution is 2.63. The summed E-state index contributed by atoms with van der Waals surface area (Å²) in [6.45, 7) is 19.9. The number of aliphatic imine (C=N–C) groups is 3. The lowest BCUT2D eigenvalue weighted by molar-refractivity contribution is -0.124. The number of nitrogens with two attached hydrogens (primary N) is 6. The molecule has 0 spiro atoms. The number of aliphatic hydroxyl groups is 2. The number of hydrogen-bond donors (Lipinski definition) is 11. The van der Waals surface area contributed by atoms with Gasteiger partial charge in [0.1, 0.15) is 18.3 Å². The first-order chi connectivity index (χ1) is 41.8. The summed E-state index contributed by atoms with van der Waals surface area (Å²) in [5.74, 6) is -6.93. The van der Waals surface area contributed by atoms with E-state index in [1.807, 2.05) is 87.4 Å². The summed E-state index contributed by atoms with van der Waals surface area (Å²) < 4.78 is 19.6. The van der Waals surface area contributed by atoms with Crippen LogP contribution in [0.3, 0.4) is 0 Å². The van der Waals surface area contributed by atoms with E-state index in [4.69, 9.17) is 63.2 Å². The van der Waals surface area contributed by atoms with Crippen LogP contribution in [0.5, 0.6) is 0 Å². The highest BCUT2D eigenvalue weighted by Gasteiger charge is 2.66. The van der Waals surface area contributed by atoms with Crippen LogP contribution in [0.2, 0.25) is 0 Å². The second-order valence-electron chi connectivity index (χ2n) is 27.3. The lowest BCUT2D eigenvalue weighted by Crippen LogP contribution is -2.56. The number of nitrogens with zero attached hydrogens (tertiary/aromatic N) is 5. The minimum absolute atomic E-state index is 0.0249. The summed E-state index contributed by atoms with van der Waals surface area (Å²) in [5.41, 5.74) is 37.9. The van der Waals surface area contributed by atoms with Crippen molar-refractivity contribution in [3.05, 3.63) is 63.9 Å². The number of fused-ring (bicyclic) bond motifs is 7. The van der Waals surface area contributed by atoms with Crippen molar-refractivity contribution in [3.63, 3.8) is 0 Å². The van der Waals surface area contributed by atoms with Gasteiger partial charge in [-0.05, 0) is 114 Å². The molecule has 6 aliphatic heterocycles. The summed E-state index contributed by atoms with van der Waals surface area (Å²) in [7, 11) is -4.07. The molecule has 90 heavy (non-hydrogen) atoms. The van der Waals surface area contributed by atoms with Gasteiger partial charge in [0.05, 0.1) is 41.7 Å². The van der Waals surface area contributed by atoms with Crippen LogP contribution in [0.1, 0.15) is 150 Å². The van der Waals surface area contributed by atoms with Gasteiger partial charge >= 0.3 is 0 Å². The van der Waals surface area contributed by atoms with Crippen molar-refractivity contribution in [3.8, 4) is 0 Å².